The minimum atomic E-state index is 0.0646. The highest BCUT2D eigenvalue weighted by molar-refractivity contribution is 7.99. The van der Waals surface area contributed by atoms with Gasteiger partial charge in [-0.25, -0.2) is 4.98 Å². The SMILES string of the molecule is C=CCN(CC=C)C(=O)CSc1ccc2ccccc2n1. The van der Waals surface area contributed by atoms with E-state index in [0.717, 1.165) is 15.9 Å². The lowest BCUT2D eigenvalue weighted by molar-refractivity contribution is -0.127. The van der Waals surface area contributed by atoms with Gasteiger partial charge in [-0.3, -0.25) is 4.79 Å². The van der Waals surface area contributed by atoms with Gasteiger partial charge in [0, 0.05) is 18.5 Å². The number of carbonyl (C=O) groups excluding carboxylic acids is 1. The molecule has 0 aliphatic rings. The predicted octanol–water partition coefficient (Wildman–Crippen LogP) is 3.53. The number of rotatable bonds is 7. The second kappa shape index (κ2) is 7.64. The molecule has 0 unspecified atom stereocenters. The molecule has 0 radical (unpaired) electrons. The molecular formula is C17H18N2OS. The van der Waals surface area contributed by atoms with Gasteiger partial charge in [0.2, 0.25) is 5.91 Å². The number of hydrogen-bond acceptors (Lipinski definition) is 3. The fraction of sp³-hybridized carbons (Fsp3) is 0.176. The molecular weight excluding hydrogens is 280 g/mol. The summed E-state index contributed by atoms with van der Waals surface area (Å²) in [5, 5.41) is 1.97. The van der Waals surface area contributed by atoms with Crippen LogP contribution in [0, 0.1) is 0 Å². The normalized spacial score (nSPS) is 10.3. The van der Waals surface area contributed by atoms with Crippen molar-refractivity contribution in [1.82, 2.24) is 9.88 Å². The highest BCUT2D eigenvalue weighted by Gasteiger charge is 2.11. The maximum absolute atomic E-state index is 12.1. The average Bonchev–Trinajstić information content (AvgIpc) is 2.52. The van der Waals surface area contributed by atoms with Gasteiger partial charge < -0.3 is 4.90 Å². The van der Waals surface area contributed by atoms with E-state index in [9.17, 15) is 4.79 Å². The highest BCUT2D eigenvalue weighted by Crippen LogP contribution is 2.20. The monoisotopic (exact) mass is 298 g/mol. The molecule has 108 valence electrons. The fourth-order valence-corrected chi connectivity index (χ4v) is 2.73. The average molecular weight is 298 g/mol. The predicted molar refractivity (Wildman–Crippen MR) is 89.4 cm³/mol. The Balaban J connectivity index is 2.01. The largest absolute Gasteiger partial charge is 0.335 e. The van der Waals surface area contributed by atoms with E-state index in [4.69, 9.17) is 0 Å². The van der Waals surface area contributed by atoms with Crippen molar-refractivity contribution in [3.8, 4) is 0 Å². The van der Waals surface area contributed by atoms with E-state index in [0.29, 0.717) is 18.8 Å². The maximum atomic E-state index is 12.1. The molecule has 0 bridgehead atoms. The number of thioether (sulfide) groups is 1. The van der Waals surface area contributed by atoms with Gasteiger partial charge in [-0.2, -0.15) is 0 Å². The summed E-state index contributed by atoms with van der Waals surface area (Å²) in [7, 11) is 0. The third-order valence-electron chi connectivity index (χ3n) is 2.97. The van der Waals surface area contributed by atoms with Crippen LogP contribution in [0.25, 0.3) is 10.9 Å². The Morgan fingerprint density at radius 2 is 1.86 bits per heavy atom. The summed E-state index contributed by atoms with van der Waals surface area (Å²) in [6.07, 6.45) is 3.45. The van der Waals surface area contributed by atoms with Gasteiger partial charge >= 0.3 is 0 Å². The molecule has 0 aliphatic heterocycles. The van der Waals surface area contributed by atoms with Gasteiger partial charge in [0.1, 0.15) is 0 Å². The second-order valence-electron chi connectivity index (χ2n) is 4.51. The van der Waals surface area contributed by atoms with E-state index in [2.05, 4.69) is 18.1 Å². The minimum Gasteiger partial charge on any atom is -0.335 e. The molecule has 0 atom stereocenters. The second-order valence-corrected chi connectivity index (χ2v) is 5.50. The molecule has 0 saturated heterocycles. The lowest BCUT2D eigenvalue weighted by Crippen LogP contribution is -2.32. The number of para-hydroxylation sites is 1. The van der Waals surface area contributed by atoms with Gasteiger partial charge in [-0.05, 0) is 12.1 Å². The molecule has 0 spiro atoms. The lowest BCUT2D eigenvalue weighted by atomic mass is 10.2. The fourth-order valence-electron chi connectivity index (χ4n) is 1.94. The molecule has 1 heterocycles. The van der Waals surface area contributed by atoms with Crippen molar-refractivity contribution in [1.29, 1.82) is 0 Å². The molecule has 1 aromatic heterocycles. The summed E-state index contributed by atoms with van der Waals surface area (Å²) in [4.78, 5) is 18.4. The first-order chi connectivity index (χ1) is 10.2. The Hall–Kier alpha value is -2.07. The molecule has 3 nitrogen and oxygen atoms in total. The zero-order valence-electron chi connectivity index (χ0n) is 11.9. The summed E-state index contributed by atoms with van der Waals surface area (Å²) in [6, 6.07) is 11.9. The van der Waals surface area contributed by atoms with Gasteiger partial charge in [0.15, 0.2) is 0 Å². The van der Waals surface area contributed by atoms with Crippen LogP contribution in [-0.2, 0) is 4.79 Å². The van der Waals surface area contributed by atoms with Crippen molar-refractivity contribution >= 4 is 28.6 Å². The van der Waals surface area contributed by atoms with Crippen molar-refractivity contribution in [2.75, 3.05) is 18.8 Å². The van der Waals surface area contributed by atoms with Crippen LogP contribution in [0.2, 0.25) is 0 Å². The highest BCUT2D eigenvalue weighted by atomic mass is 32.2. The maximum Gasteiger partial charge on any atom is 0.233 e. The third kappa shape index (κ3) is 4.20. The smallest absolute Gasteiger partial charge is 0.233 e. The molecule has 0 saturated carbocycles. The zero-order chi connectivity index (χ0) is 15.1. The zero-order valence-corrected chi connectivity index (χ0v) is 12.7. The van der Waals surface area contributed by atoms with E-state index in [1.165, 1.54) is 11.8 Å². The van der Waals surface area contributed by atoms with E-state index in [-0.39, 0.29) is 5.91 Å². The Kier molecular flexibility index (Phi) is 5.58. The van der Waals surface area contributed by atoms with Crippen molar-refractivity contribution in [2.24, 2.45) is 0 Å². The molecule has 1 aromatic carbocycles. The van der Waals surface area contributed by atoms with Crippen LogP contribution >= 0.6 is 11.8 Å². The summed E-state index contributed by atoms with van der Waals surface area (Å²) >= 11 is 1.45. The van der Waals surface area contributed by atoms with Crippen LogP contribution in [0.5, 0.6) is 0 Å². The Bertz CT molecular complexity index is 644. The molecule has 1 amide bonds. The standard InChI is InChI=1S/C17H18N2OS/c1-3-11-19(12-4-2)17(20)13-21-16-10-9-14-7-5-6-8-15(14)18-16/h3-10H,1-2,11-13H2. The number of amides is 1. The molecule has 21 heavy (non-hydrogen) atoms. The van der Waals surface area contributed by atoms with Crippen LogP contribution in [-0.4, -0.2) is 34.6 Å². The molecule has 4 heteroatoms. The van der Waals surface area contributed by atoms with Gasteiger partial charge in [0.05, 0.1) is 16.3 Å². The first kappa shape index (κ1) is 15.3. The number of aromatic nitrogens is 1. The van der Waals surface area contributed by atoms with Crippen LogP contribution in [0.1, 0.15) is 0 Å². The van der Waals surface area contributed by atoms with Crippen molar-refractivity contribution < 1.29 is 4.79 Å². The number of benzene rings is 1. The van der Waals surface area contributed by atoms with Crippen LogP contribution in [0.3, 0.4) is 0 Å². The molecule has 0 aliphatic carbocycles. The first-order valence-corrected chi connectivity index (χ1v) is 7.71. The van der Waals surface area contributed by atoms with Crippen LogP contribution < -0.4 is 0 Å². The first-order valence-electron chi connectivity index (χ1n) is 6.72. The van der Waals surface area contributed by atoms with Crippen LogP contribution in [0.4, 0.5) is 0 Å². The summed E-state index contributed by atoms with van der Waals surface area (Å²) in [5.41, 5.74) is 0.948. The molecule has 2 rings (SSSR count). The van der Waals surface area contributed by atoms with E-state index < -0.39 is 0 Å². The topological polar surface area (TPSA) is 33.2 Å². The number of nitrogens with zero attached hydrogens (tertiary/aromatic N) is 2. The lowest BCUT2D eigenvalue weighted by Gasteiger charge is -2.18. The van der Waals surface area contributed by atoms with Gasteiger partial charge in [-0.1, -0.05) is 48.2 Å². The van der Waals surface area contributed by atoms with E-state index in [1.807, 2.05) is 36.4 Å². The number of pyridine rings is 1. The summed E-state index contributed by atoms with van der Waals surface area (Å²) in [5.74, 6) is 0.433. The summed E-state index contributed by atoms with van der Waals surface area (Å²) in [6.45, 7) is 8.42. The van der Waals surface area contributed by atoms with Crippen molar-refractivity contribution in [3.63, 3.8) is 0 Å². The molecule has 0 fully saturated rings. The van der Waals surface area contributed by atoms with Crippen LogP contribution in [0.15, 0.2) is 66.7 Å². The Morgan fingerprint density at radius 1 is 1.14 bits per heavy atom. The summed E-state index contributed by atoms with van der Waals surface area (Å²) < 4.78 is 0. The van der Waals surface area contributed by atoms with Crippen molar-refractivity contribution in [3.05, 3.63) is 61.7 Å². The van der Waals surface area contributed by atoms with E-state index in [1.54, 1.807) is 17.1 Å². The van der Waals surface area contributed by atoms with Gasteiger partial charge in [0.25, 0.3) is 0 Å². The minimum absolute atomic E-state index is 0.0646. The quantitative estimate of drug-likeness (QED) is 0.579. The number of hydrogen-bond donors (Lipinski definition) is 0. The molecule has 0 N–H and O–H groups in total. The van der Waals surface area contributed by atoms with E-state index >= 15 is 0 Å². The third-order valence-corrected chi connectivity index (χ3v) is 3.88. The van der Waals surface area contributed by atoms with Gasteiger partial charge in [-0.15, -0.1) is 13.2 Å². The Morgan fingerprint density at radius 3 is 2.57 bits per heavy atom. The Labute approximate surface area is 129 Å². The molecule has 2 aromatic rings. The number of fused-ring (bicyclic) bond motifs is 1. The van der Waals surface area contributed by atoms with Crippen molar-refractivity contribution in [2.45, 2.75) is 5.03 Å². The number of carbonyl (C=O) groups is 1.